The summed E-state index contributed by atoms with van der Waals surface area (Å²) in [4.78, 5) is 2.06. The quantitative estimate of drug-likeness (QED) is 0.826. The average Bonchev–Trinajstić information content (AvgIpc) is 2.42. The monoisotopic (exact) mass is 328 g/mol. The SMILES string of the molecule is CSC1CCN(c2ccc(C#N)c(Br)c2F)CC1. The largest absolute Gasteiger partial charge is 0.369 e. The summed E-state index contributed by atoms with van der Waals surface area (Å²) in [6.07, 6.45) is 4.29. The van der Waals surface area contributed by atoms with Crippen LogP contribution in [0.5, 0.6) is 0 Å². The third-order valence-electron chi connectivity index (χ3n) is 3.30. The lowest BCUT2D eigenvalue weighted by molar-refractivity contribution is 0.564. The Labute approximate surface area is 119 Å². The van der Waals surface area contributed by atoms with Gasteiger partial charge in [-0.3, -0.25) is 0 Å². The molecule has 2 rings (SSSR count). The smallest absolute Gasteiger partial charge is 0.161 e. The van der Waals surface area contributed by atoms with Crippen molar-refractivity contribution in [2.24, 2.45) is 0 Å². The van der Waals surface area contributed by atoms with Crippen LogP contribution in [-0.2, 0) is 0 Å². The molecule has 0 atom stereocenters. The van der Waals surface area contributed by atoms with Gasteiger partial charge < -0.3 is 4.90 Å². The van der Waals surface area contributed by atoms with Gasteiger partial charge in [0.25, 0.3) is 0 Å². The summed E-state index contributed by atoms with van der Waals surface area (Å²) in [6.45, 7) is 1.75. The molecular formula is C13H14BrFN2S. The second-order valence-corrected chi connectivity index (χ2v) is 6.23. The van der Waals surface area contributed by atoms with Crippen molar-refractivity contribution < 1.29 is 4.39 Å². The van der Waals surface area contributed by atoms with E-state index in [1.807, 2.05) is 17.8 Å². The maximum absolute atomic E-state index is 14.2. The number of rotatable bonds is 2. The normalized spacial score (nSPS) is 16.7. The summed E-state index contributed by atoms with van der Waals surface area (Å²) in [5.41, 5.74) is 0.940. The number of anilines is 1. The highest BCUT2D eigenvalue weighted by molar-refractivity contribution is 9.10. The molecule has 96 valence electrons. The van der Waals surface area contributed by atoms with Gasteiger partial charge in [-0.25, -0.2) is 4.39 Å². The van der Waals surface area contributed by atoms with E-state index in [2.05, 4.69) is 27.1 Å². The van der Waals surface area contributed by atoms with E-state index in [0.29, 0.717) is 16.5 Å². The molecule has 0 unspecified atom stereocenters. The van der Waals surface area contributed by atoms with Crippen LogP contribution in [0.25, 0.3) is 0 Å². The van der Waals surface area contributed by atoms with Crippen LogP contribution in [0.4, 0.5) is 10.1 Å². The van der Waals surface area contributed by atoms with Gasteiger partial charge in [0.05, 0.1) is 15.7 Å². The minimum atomic E-state index is -0.323. The molecule has 5 heteroatoms. The Morgan fingerprint density at radius 2 is 2.11 bits per heavy atom. The Bertz CT molecular complexity index is 479. The summed E-state index contributed by atoms with van der Waals surface area (Å²) >= 11 is 5.04. The maximum atomic E-state index is 14.2. The second-order valence-electron chi connectivity index (χ2n) is 4.29. The molecule has 0 saturated carbocycles. The van der Waals surface area contributed by atoms with Crippen molar-refractivity contribution in [2.45, 2.75) is 18.1 Å². The third kappa shape index (κ3) is 2.65. The fraction of sp³-hybridized carbons (Fsp3) is 0.462. The van der Waals surface area contributed by atoms with Gasteiger partial charge in [-0.2, -0.15) is 17.0 Å². The minimum Gasteiger partial charge on any atom is -0.369 e. The number of nitrogens with zero attached hydrogens (tertiary/aromatic N) is 2. The highest BCUT2D eigenvalue weighted by Crippen LogP contribution is 2.32. The van der Waals surface area contributed by atoms with Gasteiger partial charge in [-0.1, -0.05) is 0 Å². The van der Waals surface area contributed by atoms with E-state index in [1.54, 1.807) is 12.1 Å². The molecular weight excluding hydrogens is 315 g/mol. The zero-order valence-corrected chi connectivity index (χ0v) is 12.5. The number of nitriles is 1. The van der Waals surface area contributed by atoms with Crippen molar-refractivity contribution in [3.05, 3.63) is 28.0 Å². The van der Waals surface area contributed by atoms with Gasteiger partial charge in [-0.15, -0.1) is 0 Å². The van der Waals surface area contributed by atoms with E-state index >= 15 is 0 Å². The van der Waals surface area contributed by atoms with E-state index in [1.165, 1.54) is 0 Å². The fourth-order valence-electron chi connectivity index (χ4n) is 2.20. The summed E-state index contributed by atoms with van der Waals surface area (Å²) in [6, 6.07) is 5.35. The van der Waals surface area contributed by atoms with Crippen molar-refractivity contribution in [3.8, 4) is 6.07 Å². The molecule has 0 spiro atoms. The third-order valence-corrected chi connectivity index (χ3v) is 5.21. The zero-order chi connectivity index (χ0) is 13.1. The van der Waals surface area contributed by atoms with Gasteiger partial charge >= 0.3 is 0 Å². The first-order valence-electron chi connectivity index (χ1n) is 5.83. The Kier molecular flexibility index (Phi) is 4.52. The molecule has 0 N–H and O–H groups in total. The first-order valence-corrected chi connectivity index (χ1v) is 7.91. The van der Waals surface area contributed by atoms with E-state index in [4.69, 9.17) is 5.26 Å². The topological polar surface area (TPSA) is 27.0 Å². The molecule has 0 aliphatic carbocycles. The van der Waals surface area contributed by atoms with Crippen LogP contribution < -0.4 is 4.90 Å². The van der Waals surface area contributed by atoms with Crippen LogP contribution in [0.15, 0.2) is 16.6 Å². The highest BCUT2D eigenvalue weighted by Gasteiger charge is 2.22. The van der Waals surface area contributed by atoms with Crippen molar-refractivity contribution in [1.29, 1.82) is 5.26 Å². The lowest BCUT2D eigenvalue weighted by Gasteiger charge is -2.33. The Balaban J connectivity index is 2.20. The molecule has 0 amide bonds. The van der Waals surface area contributed by atoms with Gasteiger partial charge in [0.2, 0.25) is 0 Å². The Morgan fingerprint density at radius 1 is 1.44 bits per heavy atom. The molecule has 1 aromatic carbocycles. The van der Waals surface area contributed by atoms with Crippen molar-refractivity contribution >= 4 is 33.4 Å². The fourth-order valence-corrected chi connectivity index (χ4v) is 3.31. The average molecular weight is 329 g/mol. The molecule has 1 heterocycles. The standard InChI is InChI=1S/C13H14BrFN2S/c1-18-10-4-6-17(7-5-10)11-3-2-9(8-16)12(14)13(11)15/h2-3,10H,4-7H2,1H3. The second kappa shape index (κ2) is 5.94. The first-order chi connectivity index (χ1) is 8.67. The van der Waals surface area contributed by atoms with E-state index < -0.39 is 0 Å². The van der Waals surface area contributed by atoms with Crippen molar-refractivity contribution in [3.63, 3.8) is 0 Å². The molecule has 2 nitrogen and oxygen atoms in total. The molecule has 0 aromatic heterocycles. The van der Waals surface area contributed by atoms with E-state index in [0.717, 1.165) is 25.9 Å². The number of thioether (sulfide) groups is 1. The lowest BCUT2D eigenvalue weighted by Crippen LogP contribution is -2.35. The van der Waals surface area contributed by atoms with Crippen LogP contribution in [-0.4, -0.2) is 24.6 Å². The van der Waals surface area contributed by atoms with Crippen LogP contribution in [0.2, 0.25) is 0 Å². The predicted octanol–water partition coefficient (Wildman–Crippen LogP) is 3.79. The van der Waals surface area contributed by atoms with Crippen molar-refractivity contribution in [1.82, 2.24) is 0 Å². The lowest BCUT2D eigenvalue weighted by atomic mass is 10.1. The molecule has 1 fully saturated rings. The van der Waals surface area contributed by atoms with Gasteiger partial charge in [0.15, 0.2) is 5.82 Å². The highest BCUT2D eigenvalue weighted by atomic mass is 79.9. The Morgan fingerprint density at radius 3 is 2.67 bits per heavy atom. The van der Waals surface area contributed by atoms with Gasteiger partial charge in [-0.05, 0) is 47.2 Å². The Hall–Kier alpha value is -0.730. The van der Waals surface area contributed by atoms with Crippen LogP contribution in [0.1, 0.15) is 18.4 Å². The first kappa shape index (κ1) is 13.7. The molecule has 1 aliphatic heterocycles. The van der Waals surface area contributed by atoms with E-state index in [-0.39, 0.29) is 10.3 Å². The maximum Gasteiger partial charge on any atom is 0.161 e. The number of hydrogen-bond acceptors (Lipinski definition) is 3. The molecule has 0 radical (unpaired) electrons. The summed E-state index contributed by atoms with van der Waals surface area (Å²) < 4.78 is 14.4. The molecule has 1 saturated heterocycles. The summed E-state index contributed by atoms with van der Waals surface area (Å²) in [5.74, 6) is -0.323. The number of benzene rings is 1. The minimum absolute atomic E-state index is 0.273. The number of piperidine rings is 1. The van der Waals surface area contributed by atoms with Crippen LogP contribution in [0.3, 0.4) is 0 Å². The molecule has 0 bridgehead atoms. The summed E-state index contributed by atoms with van der Waals surface area (Å²) in [7, 11) is 0. The number of hydrogen-bond donors (Lipinski definition) is 0. The van der Waals surface area contributed by atoms with Crippen molar-refractivity contribution in [2.75, 3.05) is 24.2 Å². The zero-order valence-electron chi connectivity index (χ0n) is 10.1. The van der Waals surface area contributed by atoms with Gasteiger partial charge in [0.1, 0.15) is 6.07 Å². The van der Waals surface area contributed by atoms with Crippen LogP contribution in [0, 0.1) is 17.1 Å². The predicted molar refractivity (Wildman–Crippen MR) is 77.6 cm³/mol. The summed E-state index contributed by atoms with van der Waals surface area (Å²) in [5, 5.41) is 9.53. The van der Waals surface area contributed by atoms with Gasteiger partial charge in [0, 0.05) is 18.3 Å². The molecule has 1 aromatic rings. The molecule has 18 heavy (non-hydrogen) atoms. The van der Waals surface area contributed by atoms with Crippen LogP contribution >= 0.6 is 27.7 Å². The number of halogens is 2. The molecule has 1 aliphatic rings. The van der Waals surface area contributed by atoms with E-state index in [9.17, 15) is 4.39 Å².